The number of pyridine rings is 1. The molecule has 0 N–H and O–H groups in total. The number of rotatable bonds is 4. The van der Waals surface area contributed by atoms with Gasteiger partial charge < -0.3 is 0 Å². The second-order valence-electron chi connectivity index (χ2n) is 7.11. The molecule has 4 rings (SSSR count). The molecule has 0 atom stereocenters. The van der Waals surface area contributed by atoms with Crippen LogP contribution in [-0.2, 0) is 16.0 Å². The standard InChI is InChI=1S/C22H15ClF3N3O3S/c1-2-33(31,32)19-9-14(13-3-6-16(23)7-4-13)11-27-20(19)29-12-28-18-8-5-15(22(24,25)26)10-17(18)21(29)30/h3-12H,2H2,1H3. The molecule has 0 aliphatic heterocycles. The van der Waals surface area contributed by atoms with E-state index in [4.69, 9.17) is 11.6 Å². The molecule has 0 bridgehead atoms. The number of hydrogen-bond acceptors (Lipinski definition) is 5. The molecule has 2 aromatic carbocycles. The Bertz CT molecular complexity index is 1530. The third-order valence-electron chi connectivity index (χ3n) is 5.04. The minimum atomic E-state index is -4.66. The van der Waals surface area contributed by atoms with Gasteiger partial charge in [-0.1, -0.05) is 30.7 Å². The van der Waals surface area contributed by atoms with E-state index in [1.807, 2.05) is 0 Å². The number of halogens is 4. The SMILES string of the molecule is CCS(=O)(=O)c1cc(-c2ccc(Cl)cc2)cnc1-n1cnc2ccc(C(F)(F)F)cc2c1=O. The molecule has 0 aliphatic rings. The van der Waals surface area contributed by atoms with Crippen molar-refractivity contribution in [2.45, 2.75) is 18.0 Å². The topological polar surface area (TPSA) is 81.9 Å². The molecule has 0 unspecified atom stereocenters. The second kappa shape index (κ2) is 8.27. The van der Waals surface area contributed by atoms with Crippen molar-refractivity contribution in [3.8, 4) is 16.9 Å². The number of nitrogens with zero attached hydrogens (tertiary/aromatic N) is 3. The molecule has 0 fully saturated rings. The molecule has 0 saturated carbocycles. The van der Waals surface area contributed by atoms with Gasteiger partial charge in [-0.15, -0.1) is 0 Å². The van der Waals surface area contributed by atoms with Crippen molar-refractivity contribution in [2.24, 2.45) is 0 Å². The van der Waals surface area contributed by atoms with Crippen LogP contribution in [0.1, 0.15) is 12.5 Å². The molecule has 0 amide bonds. The van der Waals surface area contributed by atoms with Crippen LogP contribution in [0.15, 0.2) is 70.7 Å². The molecule has 4 aromatic rings. The van der Waals surface area contributed by atoms with E-state index in [9.17, 15) is 26.4 Å². The van der Waals surface area contributed by atoms with Gasteiger partial charge in [-0.3, -0.25) is 4.79 Å². The maximum Gasteiger partial charge on any atom is 0.416 e. The average molecular weight is 494 g/mol. The van der Waals surface area contributed by atoms with Crippen LogP contribution >= 0.6 is 11.6 Å². The van der Waals surface area contributed by atoms with Crippen molar-refractivity contribution in [3.05, 3.63) is 82.0 Å². The molecular formula is C22H15ClF3N3O3S. The van der Waals surface area contributed by atoms with Crippen LogP contribution < -0.4 is 5.56 Å². The normalized spacial score (nSPS) is 12.3. The fraction of sp³-hybridized carbons (Fsp3) is 0.136. The first-order chi connectivity index (χ1) is 15.5. The highest BCUT2D eigenvalue weighted by Crippen LogP contribution is 2.31. The Morgan fingerprint density at radius 3 is 2.33 bits per heavy atom. The Kier molecular flexibility index (Phi) is 5.75. The van der Waals surface area contributed by atoms with Gasteiger partial charge in [0, 0.05) is 16.8 Å². The Morgan fingerprint density at radius 1 is 1.00 bits per heavy atom. The lowest BCUT2D eigenvalue weighted by Crippen LogP contribution is -2.23. The maximum absolute atomic E-state index is 13.1. The molecule has 170 valence electrons. The summed E-state index contributed by atoms with van der Waals surface area (Å²) in [6, 6.07) is 10.6. The summed E-state index contributed by atoms with van der Waals surface area (Å²) >= 11 is 5.91. The summed E-state index contributed by atoms with van der Waals surface area (Å²) in [6.07, 6.45) is -2.23. The van der Waals surface area contributed by atoms with E-state index >= 15 is 0 Å². The Labute approximate surface area is 191 Å². The summed E-state index contributed by atoms with van der Waals surface area (Å²) in [4.78, 5) is 21.0. The third kappa shape index (κ3) is 4.36. The Morgan fingerprint density at radius 2 is 1.70 bits per heavy atom. The molecule has 2 heterocycles. The molecule has 11 heteroatoms. The highest BCUT2D eigenvalue weighted by Gasteiger charge is 2.31. The molecule has 33 heavy (non-hydrogen) atoms. The van der Waals surface area contributed by atoms with Gasteiger partial charge in [0.1, 0.15) is 11.2 Å². The predicted molar refractivity (Wildman–Crippen MR) is 118 cm³/mol. The second-order valence-corrected chi connectivity index (χ2v) is 9.79. The van der Waals surface area contributed by atoms with Crippen molar-refractivity contribution in [1.82, 2.24) is 14.5 Å². The van der Waals surface area contributed by atoms with Gasteiger partial charge in [-0.05, 0) is 42.0 Å². The van der Waals surface area contributed by atoms with Crippen LogP contribution in [0.25, 0.3) is 27.8 Å². The minimum Gasteiger partial charge on any atom is -0.268 e. The molecule has 2 aromatic heterocycles. The predicted octanol–water partition coefficient (Wildman–Crippen LogP) is 4.91. The van der Waals surface area contributed by atoms with Gasteiger partial charge in [0.15, 0.2) is 15.7 Å². The summed E-state index contributed by atoms with van der Waals surface area (Å²) in [6.45, 7) is 1.44. The number of benzene rings is 2. The van der Waals surface area contributed by atoms with Crippen LogP contribution in [0, 0.1) is 0 Å². The lowest BCUT2D eigenvalue weighted by molar-refractivity contribution is -0.137. The third-order valence-corrected chi connectivity index (χ3v) is 7.02. The molecule has 0 saturated heterocycles. The molecule has 0 spiro atoms. The van der Waals surface area contributed by atoms with E-state index in [1.54, 1.807) is 24.3 Å². The molecule has 0 aliphatic carbocycles. The van der Waals surface area contributed by atoms with Crippen LogP contribution in [0.4, 0.5) is 13.2 Å². The highest BCUT2D eigenvalue weighted by atomic mass is 35.5. The van der Waals surface area contributed by atoms with Crippen LogP contribution in [0.3, 0.4) is 0 Å². The largest absolute Gasteiger partial charge is 0.416 e. The zero-order chi connectivity index (χ0) is 24.0. The Hall–Kier alpha value is -3.24. The first-order valence-electron chi connectivity index (χ1n) is 9.59. The van der Waals surface area contributed by atoms with E-state index < -0.39 is 27.1 Å². The molecule has 0 radical (unpaired) electrons. The van der Waals surface area contributed by atoms with Crippen LogP contribution in [-0.4, -0.2) is 28.7 Å². The number of sulfone groups is 1. The quantitative estimate of drug-likeness (QED) is 0.403. The van der Waals surface area contributed by atoms with Gasteiger partial charge >= 0.3 is 6.18 Å². The van der Waals surface area contributed by atoms with Gasteiger partial charge in [0.2, 0.25) is 0 Å². The zero-order valence-corrected chi connectivity index (χ0v) is 18.5. The number of hydrogen-bond donors (Lipinski definition) is 0. The monoisotopic (exact) mass is 493 g/mol. The van der Waals surface area contributed by atoms with Gasteiger partial charge in [-0.2, -0.15) is 13.2 Å². The Balaban J connectivity index is 1.97. The number of fused-ring (bicyclic) bond motifs is 1. The summed E-state index contributed by atoms with van der Waals surface area (Å²) in [7, 11) is -3.87. The van der Waals surface area contributed by atoms with Crippen molar-refractivity contribution < 1.29 is 21.6 Å². The fourth-order valence-electron chi connectivity index (χ4n) is 3.25. The summed E-state index contributed by atoms with van der Waals surface area (Å²) < 4.78 is 66.0. The van der Waals surface area contributed by atoms with E-state index in [0.717, 1.165) is 23.0 Å². The summed E-state index contributed by atoms with van der Waals surface area (Å²) in [5.74, 6) is -0.522. The van der Waals surface area contributed by atoms with Crippen molar-refractivity contribution >= 4 is 32.3 Å². The molecule has 6 nitrogen and oxygen atoms in total. The van der Waals surface area contributed by atoms with E-state index in [2.05, 4.69) is 9.97 Å². The maximum atomic E-state index is 13.1. The first-order valence-corrected chi connectivity index (χ1v) is 11.6. The van der Waals surface area contributed by atoms with Crippen molar-refractivity contribution in [1.29, 1.82) is 0 Å². The van der Waals surface area contributed by atoms with E-state index in [-0.39, 0.29) is 27.4 Å². The van der Waals surface area contributed by atoms with Gasteiger partial charge in [-0.25, -0.2) is 23.0 Å². The van der Waals surface area contributed by atoms with Gasteiger partial charge in [0.25, 0.3) is 5.56 Å². The zero-order valence-electron chi connectivity index (χ0n) is 17.0. The lowest BCUT2D eigenvalue weighted by Gasteiger charge is -2.13. The number of aromatic nitrogens is 3. The smallest absolute Gasteiger partial charge is 0.268 e. The van der Waals surface area contributed by atoms with Crippen molar-refractivity contribution in [3.63, 3.8) is 0 Å². The van der Waals surface area contributed by atoms with Gasteiger partial charge in [0.05, 0.1) is 22.2 Å². The van der Waals surface area contributed by atoms with E-state index in [1.165, 1.54) is 19.2 Å². The average Bonchev–Trinajstić information content (AvgIpc) is 2.79. The summed E-state index contributed by atoms with van der Waals surface area (Å²) in [5, 5.41) is 0.187. The lowest BCUT2D eigenvalue weighted by atomic mass is 10.1. The van der Waals surface area contributed by atoms with Crippen LogP contribution in [0.2, 0.25) is 5.02 Å². The van der Waals surface area contributed by atoms with E-state index in [0.29, 0.717) is 22.2 Å². The minimum absolute atomic E-state index is 0.0435. The number of alkyl halides is 3. The summed E-state index contributed by atoms with van der Waals surface area (Å²) in [5.41, 5.74) is -0.736. The fourth-order valence-corrected chi connectivity index (χ4v) is 4.42. The van der Waals surface area contributed by atoms with Crippen molar-refractivity contribution in [2.75, 3.05) is 5.75 Å². The molecular weight excluding hydrogens is 479 g/mol. The highest BCUT2D eigenvalue weighted by molar-refractivity contribution is 7.91. The van der Waals surface area contributed by atoms with Crippen LogP contribution in [0.5, 0.6) is 0 Å². The first kappa shape index (κ1) is 22.9.